The van der Waals surface area contributed by atoms with E-state index in [0.29, 0.717) is 5.56 Å². The summed E-state index contributed by atoms with van der Waals surface area (Å²) in [6.07, 6.45) is -0.0502. The number of guanidine groups is 1. The van der Waals surface area contributed by atoms with Crippen LogP contribution in [0.4, 0.5) is 0 Å². The summed E-state index contributed by atoms with van der Waals surface area (Å²) in [5.41, 5.74) is 17.0. The molecule has 0 aliphatic heterocycles. The Bertz CT molecular complexity index is 936. The van der Waals surface area contributed by atoms with Crippen LogP contribution in [0.1, 0.15) is 31.2 Å². The van der Waals surface area contributed by atoms with Crippen molar-refractivity contribution in [1.29, 1.82) is 0 Å². The molecule has 0 saturated heterocycles. The Hall–Kier alpha value is -4.20. The van der Waals surface area contributed by atoms with E-state index < -0.39 is 54.3 Å². The van der Waals surface area contributed by atoms with Crippen LogP contribution in [-0.4, -0.2) is 77.0 Å². The van der Waals surface area contributed by atoms with Crippen LogP contribution in [0.25, 0.3) is 0 Å². The number of rotatable bonds is 16. The summed E-state index contributed by atoms with van der Waals surface area (Å²) in [5, 5.41) is 24.9. The zero-order valence-electron chi connectivity index (χ0n) is 19.7. The molecule has 0 bridgehead atoms. The first kappa shape index (κ1) is 29.8. The minimum Gasteiger partial charge on any atom is -0.481 e. The quantitative estimate of drug-likeness (QED) is 0.0671. The van der Waals surface area contributed by atoms with Gasteiger partial charge in [0.1, 0.15) is 18.6 Å². The smallest absolute Gasteiger partial charge is 0.322 e. The van der Waals surface area contributed by atoms with Crippen LogP contribution in [0.2, 0.25) is 0 Å². The van der Waals surface area contributed by atoms with Crippen molar-refractivity contribution >= 4 is 35.6 Å². The number of benzene rings is 1. The normalized spacial score (nSPS) is 12.9. The number of hydrogen-bond acceptors (Lipinski definition) is 7. The number of hydrogen-bond donors (Lipinski definition) is 8. The number of carbonyl (C=O) groups excluding carboxylic acids is 3. The fourth-order valence-corrected chi connectivity index (χ4v) is 3.08. The molecule has 14 nitrogen and oxygen atoms in total. The fraction of sp³-hybridized carbons (Fsp3) is 0.455. The van der Waals surface area contributed by atoms with Gasteiger partial charge in [-0.25, -0.2) is 0 Å². The van der Waals surface area contributed by atoms with E-state index in [9.17, 15) is 24.0 Å². The van der Waals surface area contributed by atoms with Crippen molar-refractivity contribution in [3.63, 3.8) is 0 Å². The van der Waals surface area contributed by atoms with Crippen LogP contribution < -0.4 is 33.2 Å². The Morgan fingerprint density at radius 3 is 2.08 bits per heavy atom. The molecule has 1 aromatic carbocycles. The second-order valence-electron chi connectivity index (χ2n) is 7.91. The van der Waals surface area contributed by atoms with Gasteiger partial charge in [-0.1, -0.05) is 30.3 Å². The molecular weight excluding hydrogens is 474 g/mol. The summed E-state index contributed by atoms with van der Waals surface area (Å²) in [6.45, 7) is -0.475. The van der Waals surface area contributed by atoms with E-state index in [4.69, 9.17) is 27.4 Å². The third kappa shape index (κ3) is 12.3. The van der Waals surface area contributed by atoms with Gasteiger partial charge in [0.15, 0.2) is 5.96 Å². The fourth-order valence-electron chi connectivity index (χ4n) is 3.08. The van der Waals surface area contributed by atoms with Gasteiger partial charge in [-0.2, -0.15) is 0 Å². The zero-order chi connectivity index (χ0) is 27.1. The van der Waals surface area contributed by atoms with E-state index in [1.165, 1.54) is 0 Å². The summed E-state index contributed by atoms with van der Waals surface area (Å²) in [5.74, 6) is -4.71. The molecule has 0 fully saturated rings. The first-order valence-corrected chi connectivity index (χ1v) is 11.2. The molecule has 0 aliphatic rings. The molecule has 3 unspecified atom stereocenters. The van der Waals surface area contributed by atoms with Crippen LogP contribution in [0.5, 0.6) is 0 Å². The SMILES string of the molecule is NC(N)=NCCCC(NC(=O)C(N)CCC(=O)O)C(=O)NC(Cc1ccccc1)C(=O)NCC(=O)O. The van der Waals surface area contributed by atoms with Gasteiger partial charge in [-0.15, -0.1) is 0 Å². The van der Waals surface area contributed by atoms with Crippen LogP contribution >= 0.6 is 0 Å². The number of carboxylic acid groups (broad SMARTS) is 2. The number of nitrogens with two attached hydrogens (primary N) is 3. The number of carbonyl (C=O) groups is 5. The lowest BCUT2D eigenvalue weighted by Gasteiger charge is -2.24. The zero-order valence-corrected chi connectivity index (χ0v) is 19.7. The van der Waals surface area contributed by atoms with Gasteiger partial charge >= 0.3 is 11.9 Å². The Labute approximate surface area is 207 Å². The Kier molecular flexibility index (Phi) is 13.0. The number of carboxylic acids is 2. The van der Waals surface area contributed by atoms with Gasteiger partial charge in [0.05, 0.1) is 6.04 Å². The molecule has 14 heteroatoms. The average molecular weight is 508 g/mol. The molecule has 0 aromatic heterocycles. The Balaban J connectivity index is 3.01. The van der Waals surface area contributed by atoms with E-state index in [1.54, 1.807) is 30.3 Å². The summed E-state index contributed by atoms with van der Waals surface area (Å²) in [6, 6.07) is 5.28. The van der Waals surface area contributed by atoms with Gasteiger partial charge in [-0.3, -0.25) is 29.0 Å². The van der Waals surface area contributed by atoms with Crippen molar-refractivity contribution in [3.8, 4) is 0 Å². The van der Waals surface area contributed by atoms with E-state index >= 15 is 0 Å². The predicted octanol–water partition coefficient (Wildman–Crippen LogP) is -2.35. The molecule has 36 heavy (non-hydrogen) atoms. The molecule has 1 aromatic rings. The molecular formula is C22H33N7O7. The summed E-state index contributed by atoms with van der Waals surface area (Å²) in [4.78, 5) is 63.6. The van der Waals surface area contributed by atoms with Crippen LogP contribution in [0.3, 0.4) is 0 Å². The van der Waals surface area contributed by atoms with Crippen molar-refractivity contribution in [3.05, 3.63) is 35.9 Å². The van der Waals surface area contributed by atoms with Crippen LogP contribution in [0, 0.1) is 0 Å². The highest BCUT2D eigenvalue weighted by Crippen LogP contribution is 2.06. The maximum atomic E-state index is 13.1. The number of nitrogens with zero attached hydrogens (tertiary/aromatic N) is 1. The second-order valence-corrected chi connectivity index (χ2v) is 7.91. The molecule has 11 N–H and O–H groups in total. The van der Waals surface area contributed by atoms with E-state index in [0.717, 1.165) is 0 Å². The molecule has 0 saturated carbocycles. The monoisotopic (exact) mass is 507 g/mol. The average Bonchev–Trinajstić information content (AvgIpc) is 2.82. The maximum absolute atomic E-state index is 13.1. The lowest BCUT2D eigenvalue weighted by Crippen LogP contribution is -2.56. The third-order valence-corrected chi connectivity index (χ3v) is 4.91. The van der Waals surface area contributed by atoms with Crippen molar-refractivity contribution in [2.45, 2.75) is 50.2 Å². The maximum Gasteiger partial charge on any atom is 0.322 e. The molecule has 0 aliphatic carbocycles. The molecule has 0 radical (unpaired) electrons. The minimum absolute atomic E-state index is 0.0603. The van der Waals surface area contributed by atoms with Crippen molar-refractivity contribution in [2.24, 2.45) is 22.2 Å². The highest BCUT2D eigenvalue weighted by atomic mass is 16.4. The Morgan fingerprint density at radius 2 is 1.50 bits per heavy atom. The molecule has 0 spiro atoms. The number of amides is 3. The van der Waals surface area contributed by atoms with E-state index in [1.807, 2.05) is 0 Å². The molecule has 1 rings (SSSR count). The van der Waals surface area contributed by atoms with Crippen molar-refractivity contribution in [2.75, 3.05) is 13.1 Å². The van der Waals surface area contributed by atoms with Gasteiger partial charge in [0.25, 0.3) is 0 Å². The molecule has 3 atom stereocenters. The predicted molar refractivity (Wildman–Crippen MR) is 129 cm³/mol. The third-order valence-electron chi connectivity index (χ3n) is 4.91. The van der Waals surface area contributed by atoms with E-state index in [-0.39, 0.29) is 44.6 Å². The standard InChI is InChI=1S/C22H33N7O7/c23-14(8-9-17(30)31)19(34)28-15(7-4-10-26-22(24)25)21(36)29-16(20(35)27-12-18(32)33)11-13-5-2-1-3-6-13/h1-3,5-6,14-16H,4,7-12,23H2,(H,27,35)(H,28,34)(H,29,36)(H,30,31)(H,32,33)(H4,24,25,26). The highest BCUT2D eigenvalue weighted by Gasteiger charge is 2.28. The van der Waals surface area contributed by atoms with Crippen molar-refractivity contribution < 1.29 is 34.2 Å². The summed E-state index contributed by atoms with van der Waals surface area (Å²) < 4.78 is 0. The Morgan fingerprint density at radius 1 is 0.861 bits per heavy atom. The largest absolute Gasteiger partial charge is 0.481 e. The van der Waals surface area contributed by atoms with Gasteiger partial charge in [0.2, 0.25) is 17.7 Å². The topological polar surface area (TPSA) is 252 Å². The van der Waals surface area contributed by atoms with Gasteiger partial charge < -0.3 is 43.4 Å². The van der Waals surface area contributed by atoms with Crippen LogP contribution in [0.15, 0.2) is 35.3 Å². The number of aliphatic carboxylic acids is 2. The minimum atomic E-state index is -1.26. The molecule has 198 valence electrons. The lowest BCUT2D eigenvalue weighted by molar-refractivity contribution is -0.139. The van der Waals surface area contributed by atoms with Gasteiger partial charge in [0, 0.05) is 19.4 Å². The van der Waals surface area contributed by atoms with Gasteiger partial charge in [-0.05, 0) is 24.8 Å². The molecule has 0 heterocycles. The molecule has 3 amide bonds. The van der Waals surface area contributed by atoms with Crippen molar-refractivity contribution in [1.82, 2.24) is 16.0 Å². The first-order chi connectivity index (χ1) is 17.0. The highest BCUT2D eigenvalue weighted by molar-refractivity contribution is 5.93. The summed E-state index contributed by atoms with van der Waals surface area (Å²) >= 11 is 0. The van der Waals surface area contributed by atoms with E-state index in [2.05, 4.69) is 20.9 Å². The lowest BCUT2D eigenvalue weighted by atomic mass is 10.0. The summed E-state index contributed by atoms with van der Waals surface area (Å²) in [7, 11) is 0. The van der Waals surface area contributed by atoms with Crippen LogP contribution in [-0.2, 0) is 30.4 Å². The number of nitrogens with one attached hydrogen (secondary N) is 3. The first-order valence-electron chi connectivity index (χ1n) is 11.2. The number of aliphatic imine (C=N–C) groups is 1. The second kappa shape index (κ2) is 15.7.